The smallest absolute Gasteiger partial charge is 0.254 e. The molecule has 1 unspecified atom stereocenters. The Morgan fingerprint density at radius 1 is 0.865 bits per heavy atom. The standard InChI is InChI=1S/C29H27N3O4S/c1-37-29-25(13-8-18-30-29)27(33)32-26(20-35-19-21-9-4-2-5-10-21)28(34)31-22-14-16-24(17-15-22)36-23-11-6-3-7-12-23/h2-18,26H,19-20H2,1H3,(H,31,34)(H,32,33). The van der Waals surface area contributed by atoms with E-state index < -0.39 is 17.9 Å². The van der Waals surface area contributed by atoms with Crippen LogP contribution in [0.3, 0.4) is 0 Å². The third kappa shape index (κ3) is 7.67. The summed E-state index contributed by atoms with van der Waals surface area (Å²) in [4.78, 5) is 30.5. The number of para-hydroxylation sites is 1. The Kier molecular flexibility index (Phi) is 9.29. The quantitative estimate of drug-likeness (QED) is 0.256. The van der Waals surface area contributed by atoms with Gasteiger partial charge in [-0.2, -0.15) is 0 Å². The number of ether oxygens (including phenoxy) is 2. The molecule has 0 spiro atoms. The highest BCUT2D eigenvalue weighted by Crippen LogP contribution is 2.23. The number of hydrogen-bond acceptors (Lipinski definition) is 6. The molecule has 0 saturated carbocycles. The van der Waals surface area contributed by atoms with E-state index in [0.29, 0.717) is 28.6 Å². The van der Waals surface area contributed by atoms with Crippen LogP contribution in [0, 0.1) is 0 Å². The van der Waals surface area contributed by atoms with Crippen molar-refractivity contribution in [3.63, 3.8) is 0 Å². The number of hydrogen-bond donors (Lipinski definition) is 2. The molecule has 2 amide bonds. The van der Waals surface area contributed by atoms with Crippen LogP contribution in [0.2, 0.25) is 0 Å². The Morgan fingerprint density at radius 3 is 2.24 bits per heavy atom. The zero-order valence-electron chi connectivity index (χ0n) is 20.3. The number of nitrogens with one attached hydrogen (secondary N) is 2. The summed E-state index contributed by atoms with van der Waals surface area (Å²) in [6.07, 6.45) is 3.47. The van der Waals surface area contributed by atoms with Crippen LogP contribution in [0.15, 0.2) is 108 Å². The molecule has 188 valence electrons. The first kappa shape index (κ1) is 25.9. The van der Waals surface area contributed by atoms with Crippen LogP contribution in [0.25, 0.3) is 0 Å². The first-order valence-electron chi connectivity index (χ1n) is 11.7. The van der Waals surface area contributed by atoms with Crippen molar-refractivity contribution in [3.05, 3.63) is 114 Å². The summed E-state index contributed by atoms with van der Waals surface area (Å²) in [5.41, 5.74) is 1.94. The van der Waals surface area contributed by atoms with Crippen LogP contribution in [0.5, 0.6) is 11.5 Å². The minimum Gasteiger partial charge on any atom is -0.457 e. The molecule has 1 heterocycles. The predicted octanol–water partition coefficient (Wildman–Crippen LogP) is 5.55. The Labute approximate surface area is 220 Å². The van der Waals surface area contributed by atoms with E-state index in [1.54, 1.807) is 42.6 Å². The van der Waals surface area contributed by atoms with Gasteiger partial charge in [0.2, 0.25) is 5.91 Å². The summed E-state index contributed by atoms with van der Waals surface area (Å²) in [6.45, 7) is 0.311. The Hall–Kier alpha value is -4.14. The summed E-state index contributed by atoms with van der Waals surface area (Å²) in [7, 11) is 0. The molecule has 0 fully saturated rings. The number of pyridine rings is 1. The van der Waals surface area contributed by atoms with E-state index in [1.165, 1.54) is 11.8 Å². The number of nitrogens with zero attached hydrogens (tertiary/aromatic N) is 1. The molecule has 2 N–H and O–H groups in total. The summed E-state index contributed by atoms with van der Waals surface area (Å²) >= 11 is 1.36. The maximum atomic E-state index is 13.2. The third-order valence-electron chi connectivity index (χ3n) is 5.33. The summed E-state index contributed by atoms with van der Waals surface area (Å²) in [5, 5.41) is 6.24. The summed E-state index contributed by atoms with van der Waals surface area (Å²) in [5.74, 6) is 0.569. The fourth-order valence-corrected chi connectivity index (χ4v) is 4.02. The lowest BCUT2D eigenvalue weighted by Crippen LogP contribution is -2.47. The van der Waals surface area contributed by atoms with Gasteiger partial charge in [-0.3, -0.25) is 9.59 Å². The number of rotatable bonds is 11. The summed E-state index contributed by atoms with van der Waals surface area (Å²) < 4.78 is 11.6. The zero-order chi connectivity index (χ0) is 25.9. The van der Waals surface area contributed by atoms with Crippen LogP contribution in [0.1, 0.15) is 15.9 Å². The van der Waals surface area contributed by atoms with Gasteiger partial charge in [-0.1, -0.05) is 48.5 Å². The highest BCUT2D eigenvalue weighted by molar-refractivity contribution is 7.98. The van der Waals surface area contributed by atoms with Crippen LogP contribution in [-0.2, 0) is 16.1 Å². The molecule has 0 aliphatic rings. The molecule has 0 aliphatic carbocycles. The van der Waals surface area contributed by atoms with Gasteiger partial charge in [-0.15, -0.1) is 11.8 Å². The van der Waals surface area contributed by atoms with E-state index in [9.17, 15) is 9.59 Å². The zero-order valence-corrected chi connectivity index (χ0v) is 21.1. The monoisotopic (exact) mass is 513 g/mol. The van der Waals surface area contributed by atoms with Crippen LogP contribution in [-0.4, -0.2) is 35.7 Å². The van der Waals surface area contributed by atoms with E-state index >= 15 is 0 Å². The van der Waals surface area contributed by atoms with Crippen molar-refractivity contribution in [2.45, 2.75) is 17.7 Å². The minimum atomic E-state index is -0.925. The maximum Gasteiger partial charge on any atom is 0.254 e. The number of carbonyl (C=O) groups excluding carboxylic acids is 2. The fraction of sp³-hybridized carbons (Fsp3) is 0.138. The van der Waals surface area contributed by atoms with E-state index in [2.05, 4.69) is 15.6 Å². The van der Waals surface area contributed by atoms with Gasteiger partial charge in [-0.25, -0.2) is 4.98 Å². The fourth-order valence-electron chi connectivity index (χ4n) is 3.47. The maximum absolute atomic E-state index is 13.2. The number of amides is 2. The van der Waals surface area contributed by atoms with Crippen LogP contribution >= 0.6 is 11.8 Å². The lowest BCUT2D eigenvalue weighted by Gasteiger charge is -2.19. The highest BCUT2D eigenvalue weighted by Gasteiger charge is 2.23. The number of thioether (sulfide) groups is 1. The Morgan fingerprint density at radius 2 is 1.54 bits per heavy atom. The average Bonchev–Trinajstić information content (AvgIpc) is 2.94. The van der Waals surface area contributed by atoms with Crippen LogP contribution < -0.4 is 15.4 Å². The molecule has 0 bridgehead atoms. The Balaban J connectivity index is 1.43. The normalized spacial score (nSPS) is 11.4. The van der Waals surface area contributed by atoms with Gasteiger partial charge < -0.3 is 20.1 Å². The third-order valence-corrected chi connectivity index (χ3v) is 6.04. The lowest BCUT2D eigenvalue weighted by atomic mass is 10.2. The molecule has 0 radical (unpaired) electrons. The van der Waals surface area contributed by atoms with Crippen molar-refractivity contribution in [1.29, 1.82) is 0 Å². The first-order valence-corrected chi connectivity index (χ1v) is 12.9. The van der Waals surface area contributed by atoms with Gasteiger partial charge in [0, 0.05) is 11.9 Å². The van der Waals surface area contributed by atoms with Gasteiger partial charge in [0.05, 0.1) is 18.8 Å². The van der Waals surface area contributed by atoms with E-state index in [-0.39, 0.29) is 6.61 Å². The molecule has 4 aromatic rings. The van der Waals surface area contributed by atoms with Gasteiger partial charge in [0.15, 0.2) is 0 Å². The lowest BCUT2D eigenvalue weighted by molar-refractivity contribution is -0.119. The molecule has 37 heavy (non-hydrogen) atoms. The van der Waals surface area contributed by atoms with E-state index in [1.807, 2.05) is 66.9 Å². The predicted molar refractivity (Wildman–Crippen MR) is 145 cm³/mol. The second-order valence-corrected chi connectivity index (χ2v) is 8.81. The van der Waals surface area contributed by atoms with E-state index in [4.69, 9.17) is 9.47 Å². The van der Waals surface area contributed by atoms with Gasteiger partial charge in [-0.05, 0) is 60.4 Å². The van der Waals surface area contributed by atoms with Crippen molar-refractivity contribution >= 4 is 29.3 Å². The molecule has 0 aliphatic heterocycles. The molecular weight excluding hydrogens is 486 g/mol. The molecule has 1 aromatic heterocycles. The van der Waals surface area contributed by atoms with Crippen molar-refractivity contribution in [3.8, 4) is 11.5 Å². The van der Waals surface area contributed by atoms with Crippen molar-refractivity contribution in [2.24, 2.45) is 0 Å². The number of carbonyl (C=O) groups is 2. The molecule has 1 atom stereocenters. The minimum absolute atomic E-state index is 0.00344. The summed E-state index contributed by atoms with van der Waals surface area (Å²) in [6, 6.07) is 28.5. The highest BCUT2D eigenvalue weighted by atomic mass is 32.2. The molecular formula is C29H27N3O4S. The number of benzene rings is 3. The largest absolute Gasteiger partial charge is 0.457 e. The molecule has 0 saturated heterocycles. The second-order valence-electron chi connectivity index (χ2n) is 8.02. The Bertz CT molecular complexity index is 1300. The average molecular weight is 514 g/mol. The molecule has 4 rings (SSSR count). The van der Waals surface area contributed by atoms with Crippen LogP contribution in [0.4, 0.5) is 5.69 Å². The first-order chi connectivity index (χ1) is 18.1. The van der Waals surface area contributed by atoms with Gasteiger partial charge >= 0.3 is 0 Å². The van der Waals surface area contributed by atoms with Gasteiger partial charge in [0.25, 0.3) is 5.91 Å². The topological polar surface area (TPSA) is 89.5 Å². The number of anilines is 1. The number of aromatic nitrogens is 1. The van der Waals surface area contributed by atoms with Crippen molar-refractivity contribution in [2.75, 3.05) is 18.2 Å². The van der Waals surface area contributed by atoms with Gasteiger partial charge in [0.1, 0.15) is 22.6 Å². The molecule has 8 heteroatoms. The van der Waals surface area contributed by atoms with Crippen molar-refractivity contribution < 1.29 is 19.1 Å². The molecule has 3 aromatic carbocycles. The molecule has 7 nitrogen and oxygen atoms in total. The second kappa shape index (κ2) is 13.2. The van der Waals surface area contributed by atoms with Crippen molar-refractivity contribution in [1.82, 2.24) is 10.3 Å². The van der Waals surface area contributed by atoms with E-state index in [0.717, 1.165) is 11.3 Å². The SMILES string of the molecule is CSc1ncccc1C(=O)NC(COCc1ccccc1)C(=O)Nc1ccc(Oc2ccccc2)cc1.